The molecule has 0 radical (unpaired) electrons. The number of nitrogens with zero attached hydrogens (tertiary/aromatic N) is 1. The molecule has 0 aromatic heterocycles. The minimum absolute atomic E-state index is 0.0236. The van der Waals surface area contributed by atoms with Crippen LogP contribution < -0.4 is 5.73 Å². The summed E-state index contributed by atoms with van der Waals surface area (Å²) in [5.74, 6) is 0.0236. The van der Waals surface area contributed by atoms with Gasteiger partial charge < -0.3 is 10.6 Å². The van der Waals surface area contributed by atoms with E-state index in [1.165, 1.54) is 0 Å². The molecule has 0 saturated carbocycles. The van der Waals surface area contributed by atoms with Gasteiger partial charge in [-0.3, -0.25) is 4.79 Å². The smallest absolute Gasteiger partial charge is 0.246 e. The lowest BCUT2D eigenvalue weighted by atomic mass is 10.2. The summed E-state index contributed by atoms with van der Waals surface area (Å²) < 4.78 is 0. The van der Waals surface area contributed by atoms with Gasteiger partial charge in [-0.25, -0.2) is 0 Å². The summed E-state index contributed by atoms with van der Waals surface area (Å²) in [6, 6.07) is 0. The second kappa shape index (κ2) is 3.34. The van der Waals surface area contributed by atoms with Crippen LogP contribution in [0.4, 0.5) is 0 Å². The van der Waals surface area contributed by atoms with Gasteiger partial charge in [0.1, 0.15) is 0 Å². The first kappa shape index (κ1) is 8.01. The number of rotatable bonds is 1. The van der Waals surface area contributed by atoms with Gasteiger partial charge in [-0.15, -0.1) is 0 Å². The molecular formula is C8H12N2O. The molecule has 1 heterocycles. The molecule has 60 valence electrons. The minimum atomic E-state index is 0.0236. The second-order valence-electron chi connectivity index (χ2n) is 2.54. The quantitative estimate of drug-likeness (QED) is 0.570. The number of hydrogen-bond acceptors (Lipinski definition) is 2. The molecule has 0 aromatic rings. The summed E-state index contributed by atoms with van der Waals surface area (Å²) in [6.45, 7) is 1.09. The van der Waals surface area contributed by atoms with E-state index in [-0.39, 0.29) is 5.91 Å². The van der Waals surface area contributed by atoms with Crippen LogP contribution in [0.5, 0.6) is 0 Å². The molecule has 0 aliphatic carbocycles. The average molecular weight is 152 g/mol. The van der Waals surface area contributed by atoms with E-state index in [0.29, 0.717) is 13.1 Å². The third kappa shape index (κ3) is 1.91. The summed E-state index contributed by atoms with van der Waals surface area (Å²) in [5.41, 5.74) is 6.28. The predicted molar refractivity (Wildman–Crippen MR) is 43.9 cm³/mol. The molecule has 0 spiro atoms. The first-order chi connectivity index (χ1) is 5.24. The van der Waals surface area contributed by atoms with Gasteiger partial charge in [0.05, 0.1) is 0 Å². The lowest BCUT2D eigenvalue weighted by Crippen LogP contribution is -2.24. The van der Waals surface area contributed by atoms with Crippen LogP contribution in [0.3, 0.4) is 0 Å². The molecule has 3 heteroatoms. The second-order valence-corrected chi connectivity index (χ2v) is 2.54. The molecule has 0 aromatic carbocycles. The van der Waals surface area contributed by atoms with E-state index in [9.17, 15) is 4.79 Å². The van der Waals surface area contributed by atoms with Gasteiger partial charge in [-0.1, -0.05) is 12.2 Å². The molecule has 3 nitrogen and oxygen atoms in total. The van der Waals surface area contributed by atoms with Crippen molar-refractivity contribution in [2.24, 2.45) is 5.73 Å². The zero-order valence-corrected chi connectivity index (χ0v) is 6.58. The molecule has 2 N–H and O–H groups in total. The van der Waals surface area contributed by atoms with Gasteiger partial charge in [0.25, 0.3) is 0 Å². The van der Waals surface area contributed by atoms with Crippen LogP contribution in [-0.2, 0) is 4.79 Å². The Balaban J connectivity index is 2.80. The Hall–Kier alpha value is -1.09. The van der Waals surface area contributed by atoms with Crippen LogP contribution in [0.2, 0.25) is 0 Å². The van der Waals surface area contributed by atoms with Gasteiger partial charge in [0, 0.05) is 26.2 Å². The number of carbonyl (C=O) groups excluding carboxylic acids is 1. The Morgan fingerprint density at radius 3 is 3.09 bits per heavy atom. The summed E-state index contributed by atoms with van der Waals surface area (Å²) in [4.78, 5) is 12.8. The lowest BCUT2D eigenvalue weighted by Gasteiger charge is -2.09. The average Bonchev–Trinajstić information content (AvgIpc) is 2.15. The highest BCUT2D eigenvalue weighted by Gasteiger charge is 2.06. The molecule has 11 heavy (non-hydrogen) atoms. The topological polar surface area (TPSA) is 46.3 Å². The van der Waals surface area contributed by atoms with Crippen LogP contribution in [0.15, 0.2) is 23.8 Å². The molecule has 0 fully saturated rings. The Morgan fingerprint density at radius 2 is 2.45 bits per heavy atom. The Bertz CT molecular complexity index is 218. The zero-order valence-electron chi connectivity index (χ0n) is 6.58. The molecule has 1 rings (SSSR count). The van der Waals surface area contributed by atoms with Crippen LogP contribution >= 0.6 is 0 Å². The van der Waals surface area contributed by atoms with Gasteiger partial charge >= 0.3 is 0 Å². The highest BCUT2D eigenvalue weighted by molar-refractivity contribution is 5.89. The van der Waals surface area contributed by atoms with E-state index < -0.39 is 0 Å². The summed E-state index contributed by atoms with van der Waals surface area (Å²) in [6.07, 6.45) is 5.40. The van der Waals surface area contributed by atoms with Gasteiger partial charge in [-0.2, -0.15) is 0 Å². The Kier molecular flexibility index (Phi) is 2.44. The van der Waals surface area contributed by atoms with E-state index in [1.807, 2.05) is 12.2 Å². The Morgan fingerprint density at radius 1 is 1.73 bits per heavy atom. The predicted octanol–water partition coefficient (Wildman–Crippen LogP) is -0.100. The monoisotopic (exact) mass is 152 g/mol. The summed E-state index contributed by atoms with van der Waals surface area (Å²) in [7, 11) is 1.77. The number of nitrogens with two attached hydrogens (primary N) is 1. The first-order valence-electron chi connectivity index (χ1n) is 3.56. The molecule has 1 aliphatic heterocycles. The SMILES string of the molecule is CN1CC=CC(CN)=CC1=O. The Labute approximate surface area is 66.2 Å². The van der Waals surface area contributed by atoms with Crippen LogP contribution in [0.25, 0.3) is 0 Å². The van der Waals surface area contributed by atoms with Crippen molar-refractivity contribution >= 4 is 5.91 Å². The zero-order chi connectivity index (χ0) is 8.27. The van der Waals surface area contributed by atoms with Crippen LogP contribution in [-0.4, -0.2) is 30.9 Å². The maximum Gasteiger partial charge on any atom is 0.246 e. The van der Waals surface area contributed by atoms with E-state index in [2.05, 4.69) is 0 Å². The van der Waals surface area contributed by atoms with Gasteiger partial charge in [0.2, 0.25) is 5.91 Å². The van der Waals surface area contributed by atoms with E-state index in [1.54, 1.807) is 18.0 Å². The third-order valence-corrected chi connectivity index (χ3v) is 1.63. The van der Waals surface area contributed by atoms with Crippen LogP contribution in [0.1, 0.15) is 0 Å². The van der Waals surface area contributed by atoms with Crippen molar-refractivity contribution in [1.29, 1.82) is 0 Å². The minimum Gasteiger partial charge on any atom is -0.338 e. The molecule has 0 unspecified atom stereocenters. The fourth-order valence-electron chi connectivity index (χ4n) is 0.896. The molecular weight excluding hydrogens is 140 g/mol. The van der Waals surface area contributed by atoms with Crippen LogP contribution in [0, 0.1) is 0 Å². The molecule has 1 aliphatic rings. The van der Waals surface area contributed by atoms with E-state index in [4.69, 9.17) is 5.73 Å². The highest BCUT2D eigenvalue weighted by atomic mass is 16.2. The van der Waals surface area contributed by atoms with Gasteiger partial charge in [0.15, 0.2) is 0 Å². The lowest BCUT2D eigenvalue weighted by molar-refractivity contribution is -0.124. The standard InChI is InChI=1S/C8H12N2O/c1-10-4-2-3-7(6-9)5-8(10)11/h2-3,5H,4,6,9H2,1H3. The number of amides is 1. The maximum absolute atomic E-state index is 11.1. The van der Waals surface area contributed by atoms with Gasteiger partial charge in [-0.05, 0) is 5.57 Å². The van der Waals surface area contributed by atoms with Crippen molar-refractivity contribution in [3.63, 3.8) is 0 Å². The van der Waals surface area contributed by atoms with Crippen molar-refractivity contribution in [3.05, 3.63) is 23.8 Å². The van der Waals surface area contributed by atoms with Crippen molar-refractivity contribution in [2.75, 3.05) is 20.1 Å². The van der Waals surface area contributed by atoms with Crippen molar-refractivity contribution in [2.45, 2.75) is 0 Å². The molecule has 0 saturated heterocycles. The normalized spacial score (nSPS) is 18.2. The largest absolute Gasteiger partial charge is 0.338 e. The number of hydrogen-bond donors (Lipinski definition) is 1. The maximum atomic E-state index is 11.1. The number of likely N-dealkylation sites (N-methyl/N-ethyl adjacent to an activating group) is 1. The summed E-state index contributed by atoms with van der Waals surface area (Å²) in [5, 5.41) is 0. The molecule has 0 bridgehead atoms. The van der Waals surface area contributed by atoms with E-state index in [0.717, 1.165) is 5.57 Å². The fraction of sp³-hybridized carbons (Fsp3) is 0.375. The number of carbonyl (C=O) groups is 1. The van der Waals surface area contributed by atoms with Crippen molar-refractivity contribution < 1.29 is 4.79 Å². The van der Waals surface area contributed by atoms with Crippen molar-refractivity contribution in [1.82, 2.24) is 4.90 Å². The molecule has 0 atom stereocenters. The fourth-order valence-corrected chi connectivity index (χ4v) is 0.896. The molecule has 1 amide bonds. The summed E-state index contributed by atoms with van der Waals surface area (Å²) >= 11 is 0. The first-order valence-corrected chi connectivity index (χ1v) is 3.56. The highest BCUT2D eigenvalue weighted by Crippen LogP contribution is 2.01. The van der Waals surface area contributed by atoms with Crippen molar-refractivity contribution in [3.8, 4) is 0 Å². The third-order valence-electron chi connectivity index (χ3n) is 1.63. The van der Waals surface area contributed by atoms with E-state index >= 15 is 0 Å².